The first-order valence-electron chi connectivity index (χ1n) is 6.01. The lowest BCUT2D eigenvalue weighted by molar-refractivity contribution is -0.121. The van der Waals surface area contributed by atoms with Crippen LogP contribution >= 0.6 is 11.3 Å². The highest BCUT2D eigenvalue weighted by Crippen LogP contribution is 2.25. The van der Waals surface area contributed by atoms with Crippen molar-refractivity contribution >= 4 is 22.9 Å². The number of H-pyrrole nitrogens is 1. The van der Waals surface area contributed by atoms with Crippen LogP contribution in [-0.2, 0) is 17.8 Å². The van der Waals surface area contributed by atoms with E-state index in [2.05, 4.69) is 15.6 Å². The van der Waals surface area contributed by atoms with E-state index in [4.69, 9.17) is 0 Å². The predicted octanol–water partition coefficient (Wildman–Crippen LogP) is 1.09. The van der Waals surface area contributed by atoms with E-state index in [-0.39, 0.29) is 16.8 Å². The van der Waals surface area contributed by atoms with Crippen LogP contribution in [0.25, 0.3) is 0 Å². The first-order chi connectivity index (χ1) is 9.22. The minimum absolute atomic E-state index is 0.0525. The van der Waals surface area contributed by atoms with E-state index < -0.39 is 0 Å². The van der Waals surface area contributed by atoms with Crippen LogP contribution in [0.5, 0.6) is 0 Å². The summed E-state index contributed by atoms with van der Waals surface area (Å²) in [6.07, 6.45) is 0.697. The lowest BCUT2D eigenvalue weighted by atomic mass is 10.1. The fraction of sp³-hybridized carbons (Fsp3) is 0.231. The van der Waals surface area contributed by atoms with Gasteiger partial charge < -0.3 is 15.6 Å². The van der Waals surface area contributed by atoms with Gasteiger partial charge in [-0.3, -0.25) is 9.59 Å². The Labute approximate surface area is 113 Å². The molecule has 1 amide bonds. The van der Waals surface area contributed by atoms with E-state index in [1.165, 1.54) is 0 Å². The molecule has 0 spiro atoms. The van der Waals surface area contributed by atoms with Crippen LogP contribution in [0.4, 0.5) is 5.69 Å². The number of nitrogens with one attached hydrogen (secondary N) is 3. The molecule has 1 aliphatic heterocycles. The van der Waals surface area contributed by atoms with Gasteiger partial charge >= 0.3 is 4.87 Å². The summed E-state index contributed by atoms with van der Waals surface area (Å²) in [7, 11) is 0. The molecule has 2 heterocycles. The molecule has 0 aliphatic carbocycles. The van der Waals surface area contributed by atoms with Crippen molar-refractivity contribution in [1.29, 1.82) is 0 Å². The van der Waals surface area contributed by atoms with E-state index in [0.29, 0.717) is 13.0 Å². The summed E-state index contributed by atoms with van der Waals surface area (Å²) in [6.45, 7) is 0.353. The number of rotatable bonds is 3. The van der Waals surface area contributed by atoms with Crippen molar-refractivity contribution in [3.8, 4) is 0 Å². The second-order valence-electron chi connectivity index (χ2n) is 4.45. The monoisotopic (exact) mass is 275 g/mol. The average molecular weight is 275 g/mol. The van der Waals surface area contributed by atoms with Gasteiger partial charge in [-0.1, -0.05) is 29.5 Å². The fourth-order valence-electron chi connectivity index (χ4n) is 2.16. The Balaban J connectivity index is 1.59. The average Bonchev–Trinajstić information content (AvgIpc) is 3.01. The van der Waals surface area contributed by atoms with Gasteiger partial charge in [0.2, 0.25) is 5.91 Å². The Hall–Kier alpha value is -2.08. The Morgan fingerprint density at radius 2 is 2.26 bits per heavy atom. The molecule has 0 unspecified atom stereocenters. The minimum atomic E-state index is -0.234. The molecule has 98 valence electrons. The first kappa shape index (κ1) is 12.0. The van der Waals surface area contributed by atoms with E-state index in [1.54, 1.807) is 5.38 Å². The molecule has 0 fully saturated rings. The molecule has 0 saturated heterocycles. The molecule has 1 aromatic heterocycles. The number of anilines is 1. The van der Waals surface area contributed by atoms with Gasteiger partial charge in [-0.2, -0.15) is 0 Å². The molecular weight excluding hydrogens is 262 g/mol. The van der Waals surface area contributed by atoms with Gasteiger partial charge in [0, 0.05) is 23.2 Å². The van der Waals surface area contributed by atoms with Crippen LogP contribution in [0.3, 0.4) is 0 Å². The van der Waals surface area contributed by atoms with Gasteiger partial charge in [0.15, 0.2) is 0 Å². The predicted molar refractivity (Wildman–Crippen MR) is 74.3 cm³/mol. The molecule has 1 aromatic carbocycles. The van der Waals surface area contributed by atoms with E-state index in [9.17, 15) is 9.59 Å². The van der Waals surface area contributed by atoms with E-state index in [1.807, 2.05) is 24.3 Å². The summed E-state index contributed by atoms with van der Waals surface area (Å²) >= 11 is 1.10. The van der Waals surface area contributed by atoms with Crippen LogP contribution in [0.15, 0.2) is 34.4 Å². The van der Waals surface area contributed by atoms with E-state index in [0.717, 1.165) is 28.3 Å². The number of fused-ring (bicyclic) bond motifs is 1. The zero-order valence-corrected chi connectivity index (χ0v) is 10.9. The molecule has 3 rings (SSSR count). The standard InChI is InChI=1S/C13H13N3O2S/c17-12(14-6-9-7-19-13(18)15-9)11-5-8-3-1-2-4-10(8)16-11/h1-4,7,11,16H,5-6H2,(H,14,17)(H,15,18)/t11-/m0/s1. The first-order valence-corrected chi connectivity index (χ1v) is 6.89. The highest BCUT2D eigenvalue weighted by atomic mass is 32.1. The number of thiazole rings is 1. The minimum Gasteiger partial charge on any atom is -0.373 e. The van der Waals surface area contributed by atoms with Gasteiger partial charge in [0.1, 0.15) is 6.04 Å². The second-order valence-corrected chi connectivity index (χ2v) is 5.29. The summed E-state index contributed by atoms with van der Waals surface area (Å²) < 4.78 is 0. The van der Waals surface area contributed by atoms with Crippen molar-refractivity contribution in [3.05, 3.63) is 50.6 Å². The number of hydrogen-bond donors (Lipinski definition) is 3. The molecule has 6 heteroatoms. The van der Waals surface area contributed by atoms with Crippen molar-refractivity contribution in [2.45, 2.75) is 19.0 Å². The molecule has 3 N–H and O–H groups in total. The van der Waals surface area contributed by atoms with E-state index >= 15 is 0 Å². The lowest BCUT2D eigenvalue weighted by Crippen LogP contribution is -2.38. The van der Waals surface area contributed by atoms with Gasteiger partial charge in [-0.05, 0) is 11.6 Å². The molecule has 5 nitrogen and oxygen atoms in total. The van der Waals surface area contributed by atoms with Crippen molar-refractivity contribution in [2.75, 3.05) is 5.32 Å². The number of benzene rings is 1. The van der Waals surface area contributed by atoms with Crippen molar-refractivity contribution in [2.24, 2.45) is 0 Å². The molecular formula is C13H13N3O2S. The highest BCUT2D eigenvalue weighted by molar-refractivity contribution is 7.07. The number of carbonyl (C=O) groups excluding carboxylic acids is 1. The lowest BCUT2D eigenvalue weighted by Gasteiger charge is -2.11. The number of aromatic amines is 1. The van der Waals surface area contributed by atoms with Crippen molar-refractivity contribution in [3.63, 3.8) is 0 Å². The molecule has 0 bridgehead atoms. The summed E-state index contributed by atoms with van der Waals surface area (Å²) in [4.78, 5) is 25.6. The number of amides is 1. The van der Waals surface area contributed by atoms with Crippen molar-refractivity contribution in [1.82, 2.24) is 10.3 Å². The Morgan fingerprint density at radius 1 is 1.42 bits per heavy atom. The third-order valence-electron chi connectivity index (χ3n) is 3.11. The maximum absolute atomic E-state index is 12.0. The summed E-state index contributed by atoms with van der Waals surface area (Å²) in [5.74, 6) is -0.0525. The van der Waals surface area contributed by atoms with Gasteiger partial charge in [0.05, 0.1) is 6.54 Å². The van der Waals surface area contributed by atoms with Crippen molar-refractivity contribution < 1.29 is 4.79 Å². The third-order valence-corrected chi connectivity index (χ3v) is 3.83. The topological polar surface area (TPSA) is 74.0 Å². The number of carbonyl (C=O) groups is 1. The smallest absolute Gasteiger partial charge is 0.304 e. The summed E-state index contributed by atoms with van der Waals surface area (Å²) in [6, 6.07) is 7.67. The Kier molecular flexibility index (Phi) is 3.08. The SMILES string of the molecule is O=C(NCc1csc(=O)[nH]1)[C@@H]1Cc2ccccc2N1. The van der Waals surface area contributed by atoms with Crippen LogP contribution in [0.2, 0.25) is 0 Å². The maximum atomic E-state index is 12.0. The Morgan fingerprint density at radius 3 is 3.00 bits per heavy atom. The molecule has 0 radical (unpaired) electrons. The molecule has 0 saturated carbocycles. The Bertz CT molecular complexity index is 637. The molecule has 1 aliphatic rings. The summed E-state index contributed by atoms with van der Waals surface area (Å²) in [5.41, 5.74) is 2.91. The molecule has 2 aromatic rings. The highest BCUT2D eigenvalue weighted by Gasteiger charge is 2.25. The molecule has 1 atom stereocenters. The third kappa shape index (κ3) is 2.53. The number of hydrogen-bond acceptors (Lipinski definition) is 4. The van der Waals surface area contributed by atoms with Crippen LogP contribution in [0.1, 0.15) is 11.3 Å². The number of para-hydroxylation sites is 1. The van der Waals surface area contributed by atoms with Crippen LogP contribution < -0.4 is 15.5 Å². The second kappa shape index (κ2) is 4.89. The van der Waals surface area contributed by atoms with Gasteiger partial charge in [0.25, 0.3) is 0 Å². The maximum Gasteiger partial charge on any atom is 0.304 e. The summed E-state index contributed by atoms with van der Waals surface area (Å²) in [5, 5.41) is 7.74. The molecule has 19 heavy (non-hydrogen) atoms. The largest absolute Gasteiger partial charge is 0.373 e. The number of aromatic nitrogens is 1. The van der Waals surface area contributed by atoms with Gasteiger partial charge in [-0.15, -0.1) is 0 Å². The quantitative estimate of drug-likeness (QED) is 0.785. The zero-order valence-electron chi connectivity index (χ0n) is 10.1. The van der Waals surface area contributed by atoms with Crippen LogP contribution in [-0.4, -0.2) is 16.9 Å². The fourth-order valence-corrected chi connectivity index (χ4v) is 2.74. The zero-order chi connectivity index (χ0) is 13.2. The van der Waals surface area contributed by atoms with Crippen LogP contribution in [0, 0.1) is 0 Å². The van der Waals surface area contributed by atoms with Gasteiger partial charge in [-0.25, -0.2) is 0 Å². The normalized spacial score (nSPS) is 16.7.